The smallest absolute Gasteiger partial charge is 0.317 e. The van der Waals surface area contributed by atoms with Crippen molar-refractivity contribution < 1.29 is 14.3 Å². The van der Waals surface area contributed by atoms with Gasteiger partial charge in [0, 0.05) is 10.9 Å². The van der Waals surface area contributed by atoms with E-state index in [0.717, 1.165) is 29.7 Å². The van der Waals surface area contributed by atoms with Crippen LogP contribution in [0.15, 0.2) is 23.1 Å². The Kier molecular flexibility index (Phi) is 7.36. The van der Waals surface area contributed by atoms with Crippen molar-refractivity contribution in [3.8, 4) is 0 Å². The van der Waals surface area contributed by atoms with Crippen LogP contribution in [-0.4, -0.2) is 29.8 Å². The standard InChI is InChI=1S/C20H29NO3S/c1-13-9-10-18(15(3)11-13)25-12-19(22)24-16(4)20(23)21-17-8-6-5-7-14(17)2/h9-11,14,16-17H,5-8,12H2,1-4H3,(H,21,23)/t14-,16+,17-/m0/s1. The number of amides is 1. The third kappa shape index (κ3) is 6.07. The summed E-state index contributed by atoms with van der Waals surface area (Å²) >= 11 is 1.45. The Morgan fingerprint density at radius 1 is 1.28 bits per heavy atom. The molecule has 1 aliphatic carbocycles. The summed E-state index contributed by atoms with van der Waals surface area (Å²) in [5, 5.41) is 3.04. The fourth-order valence-corrected chi connectivity index (χ4v) is 4.01. The summed E-state index contributed by atoms with van der Waals surface area (Å²) in [6.45, 7) is 7.88. The number of hydrogen-bond donors (Lipinski definition) is 1. The molecule has 0 unspecified atom stereocenters. The summed E-state index contributed by atoms with van der Waals surface area (Å²) in [6, 6.07) is 6.34. The molecule has 1 N–H and O–H groups in total. The second-order valence-electron chi connectivity index (χ2n) is 7.07. The van der Waals surface area contributed by atoms with E-state index in [1.807, 2.05) is 26.0 Å². The number of nitrogens with one attached hydrogen (secondary N) is 1. The zero-order chi connectivity index (χ0) is 18.4. The van der Waals surface area contributed by atoms with Crippen LogP contribution in [-0.2, 0) is 14.3 Å². The molecule has 0 aromatic heterocycles. The second-order valence-corrected chi connectivity index (χ2v) is 8.08. The minimum Gasteiger partial charge on any atom is -0.452 e. The lowest BCUT2D eigenvalue weighted by atomic mass is 9.86. The van der Waals surface area contributed by atoms with Gasteiger partial charge in [-0.05, 0) is 51.2 Å². The zero-order valence-corrected chi connectivity index (χ0v) is 16.4. The lowest BCUT2D eigenvalue weighted by molar-refractivity contribution is -0.152. The van der Waals surface area contributed by atoms with Gasteiger partial charge in [-0.1, -0.05) is 37.5 Å². The highest BCUT2D eigenvalue weighted by molar-refractivity contribution is 8.00. The number of carbonyl (C=O) groups is 2. The number of esters is 1. The van der Waals surface area contributed by atoms with Crippen LogP contribution in [0.2, 0.25) is 0 Å². The first-order chi connectivity index (χ1) is 11.9. The molecule has 0 saturated heterocycles. The van der Waals surface area contributed by atoms with Crippen molar-refractivity contribution in [2.45, 2.75) is 70.4 Å². The summed E-state index contributed by atoms with van der Waals surface area (Å²) in [6.07, 6.45) is 3.78. The highest BCUT2D eigenvalue weighted by Crippen LogP contribution is 2.24. The molecule has 0 heterocycles. The van der Waals surface area contributed by atoms with Gasteiger partial charge in [-0.25, -0.2) is 0 Å². The Morgan fingerprint density at radius 2 is 2.00 bits per heavy atom. The molecule has 1 aromatic carbocycles. The lowest BCUT2D eigenvalue weighted by Gasteiger charge is -2.30. The molecule has 1 aromatic rings. The van der Waals surface area contributed by atoms with Crippen molar-refractivity contribution in [3.05, 3.63) is 29.3 Å². The van der Waals surface area contributed by atoms with Crippen molar-refractivity contribution in [2.24, 2.45) is 5.92 Å². The third-order valence-corrected chi connectivity index (χ3v) is 5.94. The van der Waals surface area contributed by atoms with Gasteiger partial charge in [-0.3, -0.25) is 9.59 Å². The maximum Gasteiger partial charge on any atom is 0.317 e. The molecule has 3 atom stereocenters. The molecule has 1 fully saturated rings. The molecule has 5 heteroatoms. The Hall–Kier alpha value is -1.49. The van der Waals surface area contributed by atoms with Gasteiger partial charge in [0.05, 0.1) is 5.75 Å². The molecule has 138 valence electrons. The van der Waals surface area contributed by atoms with Gasteiger partial charge in [0.2, 0.25) is 0 Å². The molecule has 2 rings (SSSR count). The van der Waals surface area contributed by atoms with Crippen LogP contribution in [0, 0.1) is 19.8 Å². The Bertz CT molecular complexity index is 617. The molecule has 1 aliphatic rings. The minimum atomic E-state index is -0.749. The minimum absolute atomic E-state index is 0.191. The largest absolute Gasteiger partial charge is 0.452 e. The van der Waals surface area contributed by atoms with Crippen LogP contribution >= 0.6 is 11.8 Å². The van der Waals surface area contributed by atoms with E-state index in [-0.39, 0.29) is 23.7 Å². The van der Waals surface area contributed by atoms with Gasteiger partial charge >= 0.3 is 5.97 Å². The highest BCUT2D eigenvalue weighted by atomic mass is 32.2. The van der Waals surface area contributed by atoms with Gasteiger partial charge in [-0.15, -0.1) is 11.8 Å². The Balaban J connectivity index is 1.77. The molecule has 0 aliphatic heterocycles. The van der Waals surface area contributed by atoms with Gasteiger partial charge in [0.1, 0.15) is 0 Å². The Morgan fingerprint density at radius 3 is 2.68 bits per heavy atom. The average Bonchev–Trinajstić information content (AvgIpc) is 2.56. The predicted octanol–water partition coefficient (Wildman–Crippen LogP) is 4.02. The molecule has 4 nitrogen and oxygen atoms in total. The van der Waals surface area contributed by atoms with Crippen LogP contribution in [0.25, 0.3) is 0 Å². The maximum atomic E-state index is 12.3. The number of aryl methyl sites for hydroxylation is 2. The highest BCUT2D eigenvalue weighted by Gasteiger charge is 2.26. The van der Waals surface area contributed by atoms with Crippen molar-refractivity contribution >= 4 is 23.6 Å². The molecule has 1 saturated carbocycles. The molecule has 0 radical (unpaired) electrons. The topological polar surface area (TPSA) is 55.4 Å². The number of rotatable bonds is 6. The third-order valence-electron chi connectivity index (χ3n) is 4.79. The molecule has 25 heavy (non-hydrogen) atoms. The van der Waals surface area contributed by atoms with E-state index in [1.54, 1.807) is 6.92 Å². The van der Waals surface area contributed by atoms with Gasteiger partial charge in [0.15, 0.2) is 6.10 Å². The SMILES string of the molecule is Cc1ccc(SCC(=O)O[C@H](C)C(=O)N[C@H]2CCCC[C@@H]2C)c(C)c1. The van der Waals surface area contributed by atoms with E-state index in [0.29, 0.717) is 5.92 Å². The van der Waals surface area contributed by atoms with E-state index in [4.69, 9.17) is 4.74 Å². The van der Waals surface area contributed by atoms with E-state index >= 15 is 0 Å². The van der Waals surface area contributed by atoms with Crippen molar-refractivity contribution in [1.29, 1.82) is 0 Å². The van der Waals surface area contributed by atoms with Crippen LogP contribution in [0.4, 0.5) is 0 Å². The van der Waals surface area contributed by atoms with Crippen molar-refractivity contribution in [1.82, 2.24) is 5.32 Å². The monoisotopic (exact) mass is 363 g/mol. The summed E-state index contributed by atoms with van der Waals surface area (Å²) in [4.78, 5) is 25.4. The molecular formula is C20H29NO3S. The second kappa shape index (κ2) is 9.27. The molecule has 1 amide bonds. The first kappa shape index (κ1) is 19.8. The number of carbonyl (C=O) groups excluding carboxylic acids is 2. The van der Waals surface area contributed by atoms with Crippen LogP contribution in [0.5, 0.6) is 0 Å². The summed E-state index contributed by atoms with van der Waals surface area (Å²) in [5.74, 6) is 0.148. The predicted molar refractivity (Wildman–Crippen MR) is 102 cm³/mol. The van der Waals surface area contributed by atoms with Crippen LogP contribution in [0.1, 0.15) is 50.7 Å². The number of thioether (sulfide) groups is 1. The molecule has 0 spiro atoms. The van der Waals surface area contributed by atoms with E-state index in [9.17, 15) is 9.59 Å². The van der Waals surface area contributed by atoms with E-state index in [2.05, 4.69) is 18.3 Å². The van der Waals surface area contributed by atoms with E-state index in [1.165, 1.54) is 23.7 Å². The summed E-state index contributed by atoms with van der Waals surface area (Å²) in [7, 11) is 0. The fourth-order valence-electron chi connectivity index (χ4n) is 3.21. The molecular weight excluding hydrogens is 334 g/mol. The first-order valence-electron chi connectivity index (χ1n) is 9.06. The van der Waals surface area contributed by atoms with Gasteiger partial charge in [0.25, 0.3) is 5.91 Å². The van der Waals surface area contributed by atoms with Crippen LogP contribution in [0.3, 0.4) is 0 Å². The summed E-state index contributed by atoms with van der Waals surface area (Å²) < 4.78 is 5.30. The zero-order valence-electron chi connectivity index (χ0n) is 15.6. The lowest BCUT2D eigenvalue weighted by Crippen LogP contribution is -2.46. The average molecular weight is 364 g/mol. The maximum absolute atomic E-state index is 12.3. The van der Waals surface area contributed by atoms with Crippen LogP contribution < -0.4 is 5.32 Å². The fraction of sp³-hybridized carbons (Fsp3) is 0.600. The number of ether oxygens (including phenoxy) is 1. The van der Waals surface area contributed by atoms with Gasteiger partial charge < -0.3 is 10.1 Å². The normalized spacial score (nSPS) is 21.4. The summed E-state index contributed by atoms with van der Waals surface area (Å²) in [5.41, 5.74) is 2.35. The quantitative estimate of drug-likeness (QED) is 0.613. The van der Waals surface area contributed by atoms with E-state index < -0.39 is 6.10 Å². The van der Waals surface area contributed by atoms with Crippen molar-refractivity contribution in [2.75, 3.05) is 5.75 Å². The molecule has 0 bridgehead atoms. The van der Waals surface area contributed by atoms with Gasteiger partial charge in [-0.2, -0.15) is 0 Å². The van der Waals surface area contributed by atoms with Crippen molar-refractivity contribution in [3.63, 3.8) is 0 Å². The number of benzene rings is 1. The Labute approximate surface area is 155 Å². The number of hydrogen-bond acceptors (Lipinski definition) is 4. The first-order valence-corrected chi connectivity index (χ1v) is 10.0.